The number of benzene rings is 1. The Morgan fingerprint density at radius 3 is 2.43 bits per heavy atom. The third kappa shape index (κ3) is 5.20. The van der Waals surface area contributed by atoms with Crippen LogP contribution >= 0.6 is 11.6 Å². The zero-order chi connectivity index (χ0) is 29.4. The van der Waals surface area contributed by atoms with Crippen LogP contribution in [0, 0.1) is 11.3 Å². The number of carbonyl (C=O) groups excluding carboxylic acids is 1. The molecule has 4 aromatic heterocycles. The van der Waals surface area contributed by atoms with Crippen molar-refractivity contribution in [2.45, 2.75) is 6.04 Å². The summed E-state index contributed by atoms with van der Waals surface area (Å²) in [6.45, 7) is 2.55. The zero-order valence-corrected chi connectivity index (χ0v) is 24.4. The van der Waals surface area contributed by atoms with Gasteiger partial charge in [0.25, 0.3) is 0 Å². The molecule has 6 rings (SSSR count). The van der Waals surface area contributed by atoms with Crippen LogP contribution in [0.25, 0.3) is 28.0 Å². The second kappa shape index (κ2) is 11.3. The molecule has 1 fully saturated rings. The third-order valence-electron chi connectivity index (χ3n) is 7.63. The predicted octanol–water partition coefficient (Wildman–Crippen LogP) is 4.27. The number of piperazine rings is 1. The number of nitrogens with zero attached hydrogens (tertiary/aromatic N) is 9. The molecule has 0 radical (unpaired) electrons. The van der Waals surface area contributed by atoms with Crippen molar-refractivity contribution in [3.8, 4) is 28.5 Å². The van der Waals surface area contributed by atoms with Gasteiger partial charge in [0.1, 0.15) is 29.3 Å². The van der Waals surface area contributed by atoms with Crippen LogP contribution in [0.15, 0.2) is 73.3 Å². The van der Waals surface area contributed by atoms with E-state index in [-0.39, 0.29) is 5.91 Å². The summed E-state index contributed by atoms with van der Waals surface area (Å²) in [5.41, 5.74) is 5.64. The summed E-state index contributed by atoms with van der Waals surface area (Å²) < 4.78 is 3.61. The number of imidazole rings is 1. The van der Waals surface area contributed by atoms with Crippen LogP contribution < -0.4 is 4.90 Å². The van der Waals surface area contributed by atoms with E-state index in [0.29, 0.717) is 42.5 Å². The van der Waals surface area contributed by atoms with Gasteiger partial charge in [-0.1, -0.05) is 23.7 Å². The van der Waals surface area contributed by atoms with Crippen LogP contribution in [0.3, 0.4) is 0 Å². The summed E-state index contributed by atoms with van der Waals surface area (Å²) in [5, 5.41) is 14.6. The first-order chi connectivity index (χ1) is 20.3. The Morgan fingerprint density at radius 1 is 0.976 bits per heavy atom. The fourth-order valence-electron chi connectivity index (χ4n) is 5.53. The predicted molar refractivity (Wildman–Crippen MR) is 162 cm³/mol. The monoisotopic (exact) mass is 579 g/mol. The number of hydrogen-bond donors (Lipinski definition) is 0. The normalized spacial score (nSPS) is 14.4. The average Bonchev–Trinajstić information content (AvgIpc) is 3.63. The topological polar surface area (TPSA) is 98.6 Å². The van der Waals surface area contributed by atoms with Crippen LogP contribution in [0.2, 0.25) is 5.02 Å². The van der Waals surface area contributed by atoms with Crippen molar-refractivity contribution < 1.29 is 4.79 Å². The van der Waals surface area contributed by atoms with Crippen molar-refractivity contribution in [1.29, 1.82) is 5.26 Å². The third-order valence-corrected chi connectivity index (χ3v) is 7.87. The largest absolute Gasteiger partial charge is 0.353 e. The number of rotatable bonds is 6. The summed E-state index contributed by atoms with van der Waals surface area (Å²) in [7, 11) is 5.70. The van der Waals surface area contributed by atoms with Crippen molar-refractivity contribution in [1.82, 2.24) is 33.9 Å². The maximum atomic E-state index is 13.5. The number of aromatic nitrogens is 5. The number of pyridine rings is 2. The molecule has 0 N–H and O–H groups in total. The minimum atomic E-state index is -0.395. The van der Waals surface area contributed by atoms with Crippen molar-refractivity contribution in [2.24, 2.45) is 7.05 Å². The molecule has 212 valence electrons. The first-order valence-corrected chi connectivity index (χ1v) is 14.0. The number of nitriles is 1. The van der Waals surface area contributed by atoms with E-state index in [1.54, 1.807) is 10.9 Å². The number of fused-ring (bicyclic) bond motifs is 1. The fourth-order valence-corrected chi connectivity index (χ4v) is 5.73. The molecule has 1 atom stereocenters. The lowest BCUT2D eigenvalue weighted by molar-refractivity contribution is -0.136. The number of aryl methyl sites for hydroxylation is 1. The Kier molecular flexibility index (Phi) is 7.37. The smallest absolute Gasteiger partial charge is 0.244 e. The molecule has 1 amide bonds. The van der Waals surface area contributed by atoms with Gasteiger partial charge in [-0.2, -0.15) is 10.4 Å². The van der Waals surface area contributed by atoms with Gasteiger partial charge in [0.2, 0.25) is 5.91 Å². The van der Waals surface area contributed by atoms with E-state index in [1.807, 2.05) is 102 Å². The standard InChI is InChI=1S/C31H30ClN9O/c1-37(2)30(21-5-4-6-25(32)13-21)31(42)40-11-9-39(10-12-40)28-8-7-22(17-34-28)27-14-23(24-18-36-38(3)20-24)15-29-35-19-26(16-33)41(27)29/h4-8,13-15,17-20,30H,9-12H2,1-3H3/t30-/m0/s1. The van der Waals surface area contributed by atoms with Gasteiger partial charge in [-0.25, -0.2) is 9.97 Å². The molecule has 5 aromatic rings. The zero-order valence-electron chi connectivity index (χ0n) is 23.6. The molecule has 0 spiro atoms. The molecule has 42 heavy (non-hydrogen) atoms. The van der Waals surface area contributed by atoms with Crippen molar-refractivity contribution in [3.05, 3.63) is 89.6 Å². The summed E-state index contributed by atoms with van der Waals surface area (Å²) in [5.74, 6) is 0.909. The molecule has 1 aliphatic heterocycles. The Labute approximate surface area is 249 Å². The molecule has 0 unspecified atom stereocenters. The molecular formula is C31H30ClN9O. The summed E-state index contributed by atoms with van der Waals surface area (Å²) in [4.78, 5) is 28.8. The van der Waals surface area contributed by atoms with Crippen LogP contribution in [-0.2, 0) is 11.8 Å². The van der Waals surface area contributed by atoms with E-state index in [0.717, 1.165) is 33.8 Å². The highest BCUT2D eigenvalue weighted by Crippen LogP contribution is 2.30. The first kappa shape index (κ1) is 27.4. The van der Waals surface area contributed by atoms with E-state index in [9.17, 15) is 10.1 Å². The number of likely N-dealkylation sites (N-methyl/N-ethyl adjacent to an activating group) is 1. The Hall–Kier alpha value is -4.72. The lowest BCUT2D eigenvalue weighted by Crippen LogP contribution is -2.51. The molecule has 11 heteroatoms. The Balaban J connectivity index is 1.21. The van der Waals surface area contributed by atoms with E-state index < -0.39 is 6.04 Å². The molecule has 1 aliphatic rings. The van der Waals surface area contributed by atoms with Gasteiger partial charge >= 0.3 is 0 Å². The highest BCUT2D eigenvalue weighted by molar-refractivity contribution is 6.30. The maximum absolute atomic E-state index is 13.5. The molecule has 5 heterocycles. The molecule has 10 nitrogen and oxygen atoms in total. The summed E-state index contributed by atoms with van der Waals surface area (Å²) >= 11 is 6.22. The van der Waals surface area contributed by atoms with E-state index >= 15 is 0 Å². The summed E-state index contributed by atoms with van der Waals surface area (Å²) in [6, 6.07) is 17.3. The van der Waals surface area contributed by atoms with Crippen molar-refractivity contribution in [2.75, 3.05) is 45.2 Å². The number of anilines is 1. The van der Waals surface area contributed by atoms with Gasteiger partial charge in [-0.05, 0) is 61.6 Å². The molecule has 0 bridgehead atoms. The average molecular weight is 580 g/mol. The maximum Gasteiger partial charge on any atom is 0.244 e. The minimum Gasteiger partial charge on any atom is -0.353 e. The first-order valence-electron chi connectivity index (χ1n) is 13.6. The summed E-state index contributed by atoms with van der Waals surface area (Å²) in [6.07, 6.45) is 7.18. The van der Waals surface area contributed by atoms with Gasteiger partial charge < -0.3 is 9.80 Å². The Morgan fingerprint density at radius 2 is 1.79 bits per heavy atom. The number of carbonyl (C=O) groups is 1. The van der Waals surface area contributed by atoms with Gasteiger partial charge in [0, 0.05) is 61.8 Å². The van der Waals surface area contributed by atoms with E-state index in [4.69, 9.17) is 16.6 Å². The minimum absolute atomic E-state index is 0.0661. The highest BCUT2D eigenvalue weighted by Gasteiger charge is 2.30. The van der Waals surface area contributed by atoms with E-state index in [1.165, 1.54) is 0 Å². The van der Waals surface area contributed by atoms with Crippen molar-refractivity contribution in [3.63, 3.8) is 0 Å². The lowest BCUT2D eigenvalue weighted by Gasteiger charge is -2.38. The highest BCUT2D eigenvalue weighted by atomic mass is 35.5. The van der Waals surface area contributed by atoms with Crippen molar-refractivity contribution >= 4 is 29.0 Å². The quantitative estimate of drug-likeness (QED) is 0.296. The number of hydrogen-bond acceptors (Lipinski definition) is 7. The van der Waals surface area contributed by atoms with E-state index in [2.05, 4.69) is 21.1 Å². The molecule has 1 aromatic carbocycles. The van der Waals surface area contributed by atoms with Crippen LogP contribution in [-0.4, -0.2) is 80.1 Å². The fraction of sp³-hybridized carbons (Fsp3) is 0.258. The molecule has 1 saturated heterocycles. The Bertz CT molecular complexity index is 1790. The molecular weight excluding hydrogens is 550 g/mol. The molecule has 0 saturated carbocycles. The molecule has 0 aliphatic carbocycles. The second-order valence-corrected chi connectivity index (χ2v) is 11.1. The SMILES string of the molecule is CN(C)[C@H](C(=O)N1CCN(c2ccc(-c3cc(-c4cnn(C)c4)cc4ncc(C#N)n34)cn2)CC1)c1cccc(Cl)c1. The van der Waals surface area contributed by atoms with Crippen LogP contribution in [0.1, 0.15) is 17.3 Å². The number of amides is 1. The lowest BCUT2D eigenvalue weighted by atomic mass is 10.0. The van der Waals surface area contributed by atoms with Crippen LogP contribution in [0.5, 0.6) is 0 Å². The van der Waals surface area contributed by atoms with Gasteiger partial charge in [0.15, 0.2) is 0 Å². The van der Waals surface area contributed by atoms with Gasteiger partial charge in [0.05, 0.1) is 18.1 Å². The van der Waals surface area contributed by atoms with Gasteiger partial charge in [-0.15, -0.1) is 0 Å². The second-order valence-electron chi connectivity index (χ2n) is 10.6. The van der Waals surface area contributed by atoms with Gasteiger partial charge in [-0.3, -0.25) is 18.8 Å². The van der Waals surface area contributed by atoms with Crippen LogP contribution in [0.4, 0.5) is 5.82 Å². The number of halogens is 1.